The Hall–Kier alpha value is -3.79. The highest BCUT2D eigenvalue weighted by Gasteiger charge is 2.34. The molecule has 0 aliphatic carbocycles. The summed E-state index contributed by atoms with van der Waals surface area (Å²) in [5, 5.41) is 2.72. The van der Waals surface area contributed by atoms with Gasteiger partial charge in [-0.2, -0.15) is 0 Å². The Balaban J connectivity index is 2.06. The van der Waals surface area contributed by atoms with Gasteiger partial charge < -0.3 is 10.2 Å². The first-order chi connectivity index (χ1) is 17.9. The number of hydrogen-bond donors (Lipinski definition) is 1. The topological polar surface area (TPSA) is 86.8 Å². The third kappa shape index (κ3) is 6.74. The molecule has 0 radical (unpaired) electrons. The molecular formula is C28H31F2N3O4S. The highest BCUT2D eigenvalue weighted by Crippen LogP contribution is 2.27. The van der Waals surface area contributed by atoms with E-state index in [0.29, 0.717) is 4.31 Å². The molecule has 10 heteroatoms. The third-order valence-electron chi connectivity index (χ3n) is 5.91. The van der Waals surface area contributed by atoms with E-state index in [1.807, 2.05) is 0 Å². The highest BCUT2D eigenvalue weighted by molar-refractivity contribution is 7.92. The average Bonchev–Trinajstić information content (AvgIpc) is 2.86. The van der Waals surface area contributed by atoms with Gasteiger partial charge in [0, 0.05) is 18.2 Å². The van der Waals surface area contributed by atoms with Crippen molar-refractivity contribution in [3.05, 3.63) is 95.6 Å². The SMILES string of the molecule is Cc1ccc(S(=O)(=O)N(CC(=O)N(Cc2ccccc2F)C(C)C(=O)NC(C)C)c2ccccc2F)cc1. The van der Waals surface area contributed by atoms with E-state index in [4.69, 9.17) is 0 Å². The summed E-state index contributed by atoms with van der Waals surface area (Å²) in [4.78, 5) is 27.5. The Morgan fingerprint density at radius 1 is 0.868 bits per heavy atom. The summed E-state index contributed by atoms with van der Waals surface area (Å²) in [6.45, 7) is 5.65. The quantitative estimate of drug-likeness (QED) is 0.411. The van der Waals surface area contributed by atoms with Gasteiger partial charge in [-0.05, 0) is 58.0 Å². The van der Waals surface area contributed by atoms with Crippen molar-refractivity contribution in [3.63, 3.8) is 0 Å². The number of halogens is 2. The zero-order chi connectivity index (χ0) is 28.0. The molecule has 0 fully saturated rings. The van der Waals surface area contributed by atoms with Gasteiger partial charge in [0.1, 0.15) is 24.2 Å². The second kappa shape index (κ2) is 12.2. The van der Waals surface area contributed by atoms with Gasteiger partial charge in [-0.15, -0.1) is 0 Å². The summed E-state index contributed by atoms with van der Waals surface area (Å²) in [6.07, 6.45) is 0. The zero-order valence-corrected chi connectivity index (χ0v) is 22.5. The van der Waals surface area contributed by atoms with Crippen LogP contribution in [0.15, 0.2) is 77.7 Å². The van der Waals surface area contributed by atoms with Crippen LogP contribution in [0.5, 0.6) is 0 Å². The van der Waals surface area contributed by atoms with Gasteiger partial charge in [0.05, 0.1) is 10.6 Å². The van der Waals surface area contributed by atoms with Crippen LogP contribution in [-0.4, -0.2) is 43.8 Å². The number of nitrogens with one attached hydrogen (secondary N) is 1. The molecule has 1 N–H and O–H groups in total. The van der Waals surface area contributed by atoms with Crippen LogP contribution in [0.2, 0.25) is 0 Å². The van der Waals surface area contributed by atoms with Crippen molar-refractivity contribution in [2.45, 2.75) is 51.2 Å². The highest BCUT2D eigenvalue weighted by atomic mass is 32.2. The fourth-order valence-electron chi connectivity index (χ4n) is 3.80. The Morgan fingerprint density at radius 2 is 1.45 bits per heavy atom. The molecular weight excluding hydrogens is 512 g/mol. The van der Waals surface area contributed by atoms with Crippen molar-refractivity contribution in [1.82, 2.24) is 10.2 Å². The van der Waals surface area contributed by atoms with E-state index in [1.54, 1.807) is 39.0 Å². The number of aryl methyl sites for hydroxylation is 1. The van der Waals surface area contributed by atoms with Crippen LogP contribution < -0.4 is 9.62 Å². The van der Waals surface area contributed by atoms with E-state index in [0.717, 1.165) is 16.5 Å². The van der Waals surface area contributed by atoms with Crippen LogP contribution in [-0.2, 0) is 26.2 Å². The number of benzene rings is 3. The maximum Gasteiger partial charge on any atom is 0.264 e. The predicted octanol–water partition coefficient (Wildman–Crippen LogP) is 4.41. The summed E-state index contributed by atoms with van der Waals surface area (Å²) in [5.41, 5.74) is 0.633. The molecule has 0 aromatic heterocycles. The van der Waals surface area contributed by atoms with Gasteiger partial charge in [-0.3, -0.25) is 13.9 Å². The van der Waals surface area contributed by atoms with Crippen LogP contribution in [0.25, 0.3) is 0 Å². The summed E-state index contributed by atoms with van der Waals surface area (Å²) >= 11 is 0. The van der Waals surface area contributed by atoms with Gasteiger partial charge in [0.15, 0.2) is 0 Å². The molecule has 7 nitrogen and oxygen atoms in total. The molecule has 0 bridgehead atoms. The van der Waals surface area contributed by atoms with Gasteiger partial charge in [-0.25, -0.2) is 17.2 Å². The molecule has 0 spiro atoms. The minimum atomic E-state index is -4.40. The fraction of sp³-hybridized carbons (Fsp3) is 0.286. The maximum atomic E-state index is 14.9. The van der Waals surface area contributed by atoms with Gasteiger partial charge in [-0.1, -0.05) is 48.0 Å². The first kappa shape index (κ1) is 28.8. The van der Waals surface area contributed by atoms with E-state index < -0.39 is 46.1 Å². The van der Waals surface area contributed by atoms with E-state index in [-0.39, 0.29) is 28.7 Å². The number of rotatable bonds is 10. The van der Waals surface area contributed by atoms with E-state index in [1.165, 1.54) is 55.5 Å². The molecule has 3 rings (SSSR count). The van der Waals surface area contributed by atoms with Crippen molar-refractivity contribution in [2.24, 2.45) is 0 Å². The smallest absolute Gasteiger partial charge is 0.264 e. The van der Waals surface area contributed by atoms with E-state index in [9.17, 15) is 26.8 Å². The second-order valence-corrected chi connectivity index (χ2v) is 11.1. The van der Waals surface area contributed by atoms with Crippen molar-refractivity contribution in [2.75, 3.05) is 10.8 Å². The van der Waals surface area contributed by atoms with Gasteiger partial charge >= 0.3 is 0 Å². The summed E-state index contributed by atoms with van der Waals surface area (Å²) in [6, 6.07) is 15.6. The van der Waals surface area contributed by atoms with Crippen LogP contribution in [0.3, 0.4) is 0 Å². The number of para-hydroxylation sites is 1. The summed E-state index contributed by atoms with van der Waals surface area (Å²) in [5.74, 6) is -2.73. The number of hydrogen-bond acceptors (Lipinski definition) is 4. The Labute approximate surface area is 222 Å². The number of amides is 2. The van der Waals surface area contributed by atoms with Gasteiger partial charge in [0.2, 0.25) is 11.8 Å². The number of carbonyl (C=O) groups is 2. The maximum absolute atomic E-state index is 14.9. The minimum Gasteiger partial charge on any atom is -0.352 e. The lowest BCUT2D eigenvalue weighted by atomic mass is 10.1. The molecule has 202 valence electrons. The first-order valence-electron chi connectivity index (χ1n) is 12.1. The molecule has 3 aromatic carbocycles. The number of sulfonamides is 1. The molecule has 0 aliphatic rings. The fourth-order valence-corrected chi connectivity index (χ4v) is 5.22. The molecule has 3 aromatic rings. The molecule has 1 unspecified atom stereocenters. The van der Waals surface area contributed by atoms with Crippen LogP contribution in [0.4, 0.5) is 14.5 Å². The summed E-state index contributed by atoms with van der Waals surface area (Å²) < 4.78 is 57.4. The monoisotopic (exact) mass is 543 g/mol. The second-order valence-electron chi connectivity index (χ2n) is 9.23. The van der Waals surface area contributed by atoms with E-state index in [2.05, 4.69) is 5.32 Å². The van der Waals surface area contributed by atoms with Crippen LogP contribution in [0.1, 0.15) is 31.9 Å². The van der Waals surface area contributed by atoms with Gasteiger partial charge in [0.25, 0.3) is 10.0 Å². The standard InChI is InChI=1S/C28H31F2N3O4S/c1-19(2)31-28(35)21(4)32(17-22-9-5-6-10-24(22)29)27(34)18-33(26-12-8-7-11-25(26)30)38(36,37)23-15-13-20(3)14-16-23/h5-16,19,21H,17-18H2,1-4H3,(H,31,35). The lowest BCUT2D eigenvalue weighted by Gasteiger charge is -2.32. The van der Waals surface area contributed by atoms with Crippen molar-refractivity contribution >= 4 is 27.5 Å². The number of nitrogens with zero attached hydrogens (tertiary/aromatic N) is 2. The molecule has 0 saturated heterocycles. The van der Waals surface area contributed by atoms with Crippen molar-refractivity contribution < 1.29 is 26.8 Å². The average molecular weight is 544 g/mol. The van der Waals surface area contributed by atoms with Crippen molar-refractivity contribution in [3.8, 4) is 0 Å². The molecule has 0 saturated carbocycles. The zero-order valence-electron chi connectivity index (χ0n) is 21.7. The molecule has 2 amide bonds. The molecule has 0 heterocycles. The normalized spacial score (nSPS) is 12.2. The summed E-state index contributed by atoms with van der Waals surface area (Å²) in [7, 11) is -4.40. The lowest BCUT2D eigenvalue weighted by Crippen LogP contribution is -2.52. The minimum absolute atomic E-state index is 0.134. The molecule has 1 atom stereocenters. The third-order valence-corrected chi connectivity index (χ3v) is 7.68. The number of carbonyl (C=O) groups excluding carboxylic acids is 2. The van der Waals surface area contributed by atoms with Crippen LogP contribution >= 0.6 is 0 Å². The molecule has 0 aliphatic heterocycles. The van der Waals surface area contributed by atoms with Crippen molar-refractivity contribution in [1.29, 1.82) is 0 Å². The van der Waals surface area contributed by atoms with E-state index >= 15 is 0 Å². The largest absolute Gasteiger partial charge is 0.352 e. The van der Waals surface area contributed by atoms with Crippen LogP contribution in [0, 0.1) is 18.6 Å². The first-order valence-corrected chi connectivity index (χ1v) is 13.5. The number of anilines is 1. The molecule has 38 heavy (non-hydrogen) atoms. The Morgan fingerprint density at radius 3 is 2.03 bits per heavy atom. The predicted molar refractivity (Wildman–Crippen MR) is 142 cm³/mol. The lowest BCUT2D eigenvalue weighted by molar-refractivity contribution is -0.139. The Bertz CT molecular complexity index is 1400. The Kier molecular flexibility index (Phi) is 9.22.